The molecular formula is C17H24N2O. The third-order valence-electron chi connectivity index (χ3n) is 5.16. The van der Waals surface area contributed by atoms with E-state index in [0.29, 0.717) is 17.9 Å². The molecule has 3 rings (SSSR count). The molecule has 20 heavy (non-hydrogen) atoms. The molecule has 3 nitrogen and oxygen atoms in total. The first-order valence-electron chi connectivity index (χ1n) is 7.78. The van der Waals surface area contributed by atoms with Crippen LogP contribution < -0.4 is 10.6 Å². The first-order valence-corrected chi connectivity index (χ1v) is 7.78. The van der Waals surface area contributed by atoms with E-state index in [1.54, 1.807) is 0 Å². The van der Waals surface area contributed by atoms with Crippen molar-refractivity contribution in [2.24, 2.45) is 11.8 Å². The molecule has 1 heterocycles. The topological polar surface area (TPSA) is 41.1 Å². The Morgan fingerprint density at radius 3 is 2.80 bits per heavy atom. The van der Waals surface area contributed by atoms with Gasteiger partial charge in [0.05, 0.1) is 0 Å². The van der Waals surface area contributed by atoms with Crippen LogP contribution in [0.25, 0.3) is 0 Å². The second-order valence-electron chi connectivity index (χ2n) is 6.36. The number of carbonyl (C=O) groups excluding carboxylic acids is 1. The first-order chi connectivity index (χ1) is 9.66. The summed E-state index contributed by atoms with van der Waals surface area (Å²) in [6.07, 6.45) is 3.35. The van der Waals surface area contributed by atoms with Crippen molar-refractivity contribution in [2.45, 2.75) is 45.2 Å². The Labute approximate surface area is 121 Å². The molecule has 1 aliphatic carbocycles. The van der Waals surface area contributed by atoms with Gasteiger partial charge in [-0.2, -0.15) is 0 Å². The Bertz CT molecular complexity index is 500. The Hall–Kier alpha value is -1.35. The monoisotopic (exact) mass is 272 g/mol. The van der Waals surface area contributed by atoms with Gasteiger partial charge in [-0.3, -0.25) is 4.79 Å². The molecule has 2 N–H and O–H groups in total. The summed E-state index contributed by atoms with van der Waals surface area (Å²) in [7, 11) is 0. The van der Waals surface area contributed by atoms with Crippen molar-refractivity contribution in [3.05, 3.63) is 35.4 Å². The number of hydrogen-bond acceptors (Lipinski definition) is 2. The highest BCUT2D eigenvalue weighted by atomic mass is 16.2. The maximum absolute atomic E-state index is 12.6. The van der Waals surface area contributed by atoms with Gasteiger partial charge < -0.3 is 10.6 Å². The molecular weight excluding hydrogens is 248 g/mol. The van der Waals surface area contributed by atoms with Gasteiger partial charge in [0.2, 0.25) is 5.91 Å². The van der Waals surface area contributed by atoms with Gasteiger partial charge in [-0.25, -0.2) is 0 Å². The van der Waals surface area contributed by atoms with Crippen LogP contribution in [0, 0.1) is 11.8 Å². The van der Waals surface area contributed by atoms with Crippen LogP contribution in [0.1, 0.15) is 43.9 Å². The lowest BCUT2D eigenvalue weighted by atomic mass is 9.93. The Morgan fingerprint density at radius 2 is 2.05 bits per heavy atom. The molecule has 4 atom stereocenters. The van der Waals surface area contributed by atoms with Crippen LogP contribution in [0.3, 0.4) is 0 Å². The maximum Gasteiger partial charge on any atom is 0.241 e. The molecule has 4 unspecified atom stereocenters. The lowest BCUT2D eigenvalue weighted by Crippen LogP contribution is -2.46. The molecule has 3 heteroatoms. The molecule has 108 valence electrons. The van der Waals surface area contributed by atoms with Crippen molar-refractivity contribution in [1.82, 2.24) is 10.6 Å². The minimum absolute atomic E-state index is 0.142. The standard InChI is InChI=1S/C17H24N2O/c1-11-7-8-15(12(11)2)19-17(20)16-14-6-4-3-5-13(14)9-10-18-16/h3-6,11-12,15-16,18H,7-10H2,1-2H3,(H,19,20). The smallest absolute Gasteiger partial charge is 0.241 e. The largest absolute Gasteiger partial charge is 0.351 e. The van der Waals surface area contributed by atoms with E-state index in [4.69, 9.17) is 0 Å². The quantitative estimate of drug-likeness (QED) is 0.868. The minimum Gasteiger partial charge on any atom is -0.351 e. The van der Waals surface area contributed by atoms with Crippen molar-refractivity contribution >= 4 is 5.91 Å². The van der Waals surface area contributed by atoms with Crippen LogP contribution in [0.2, 0.25) is 0 Å². The van der Waals surface area contributed by atoms with Crippen LogP contribution in [0.5, 0.6) is 0 Å². The molecule has 1 aromatic rings. The number of carbonyl (C=O) groups is 1. The number of hydrogen-bond donors (Lipinski definition) is 2. The van der Waals surface area contributed by atoms with E-state index in [0.717, 1.165) is 24.9 Å². The molecule has 0 radical (unpaired) electrons. The van der Waals surface area contributed by atoms with Crippen LogP contribution in [-0.4, -0.2) is 18.5 Å². The average Bonchev–Trinajstić information content (AvgIpc) is 2.78. The van der Waals surface area contributed by atoms with E-state index in [1.807, 2.05) is 6.07 Å². The number of fused-ring (bicyclic) bond motifs is 1. The number of rotatable bonds is 2. The summed E-state index contributed by atoms with van der Waals surface area (Å²) in [6.45, 7) is 5.42. The molecule has 2 aliphatic rings. The van der Waals surface area contributed by atoms with Crippen LogP contribution in [0.15, 0.2) is 24.3 Å². The van der Waals surface area contributed by atoms with Gasteiger partial charge in [0, 0.05) is 12.6 Å². The van der Waals surface area contributed by atoms with Crippen LogP contribution in [0.4, 0.5) is 0 Å². The van der Waals surface area contributed by atoms with Crippen molar-refractivity contribution in [1.29, 1.82) is 0 Å². The van der Waals surface area contributed by atoms with Gasteiger partial charge >= 0.3 is 0 Å². The molecule has 0 bridgehead atoms. The summed E-state index contributed by atoms with van der Waals surface area (Å²) in [4.78, 5) is 12.6. The fraction of sp³-hybridized carbons (Fsp3) is 0.588. The molecule has 1 aliphatic heterocycles. The predicted molar refractivity (Wildman–Crippen MR) is 80.4 cm³/mol. The van der Waals surface area contributed by atoms with E-state index >= 15 is 0 Å². The SMILES string of the molecule is CC1CCC(NC(=O)C2NCCc3ccccc32)C1C. The lowest BCUT2D eigenvalue weighted by molar-refractivity contribution is -0.124. The minimum atomic E-state index is -0.178. The summed E-state index contributed by atoms with van der Waals surface area (Å²) in [5, 5.41) is 6.63. The molecule has 1 aromatic carbocycles. The van der Waals surface area contributed by atoms with Gasteiger partial charge in [-0.05, 0) is 42.2 Å². The Kier molecular flexibility index (Phi) is 3.79. The zero-order valence-electron chi connectivity index (χ0n) is 12.4. The highest BCUT2D eigenvalue weighted by molar-refractivity contribution is 5.84. The van der Waals surface area contributed by atoms with Gasteiger partial charge in [-0.15, -0.1) is 0 Å². The molecule has 0 spiro atoms. The molecule has 1 amide bonds. The first kappa shape index (κ1) is 13.6. The van der Waals surface area contributed by atoms with Gasteiger partial charge in [-0.1, -0.05) is 38.1 Å². The summed E-state index contributed by atoms with van der Waals surface area (Å²) >= 11 is 0. The van der Waals surface area contributed by atoms with E-state index in [9.17, 15) is 4.79 Å². The summed E-state index contributed by atoms with van der Waals surface area (Å²) in [5.41, 5.74) is 2.45. The third-order valence-corrected chi connectivity index (χ3v) is 5.16. The maximum atomic E-state index is 12.6. The van der Waals surface area contributed by atoms with E-state index < -0.39 is 0 Å². The van der Waals surface area contributed by atoms with E-state index in [2.05, 4.69) is 42.7 Å². The summed E-state index contributed by atoms with van der Waals surface area (Å²) < 4.78 is 0. The molecule has 1 fully saturated rings. The van der Waals surface area contributed by atoms with Crippen molar-refractivity contribution in [3.8, 4) is 0 Å². The molecule has 0 aromatic heterocycles. The second-order valence-corrected chi connectivity index (χ2v) is 6.36. The highest BCUT2D eigenvalue weighted by Crippen LogP contribution is 2.32. The van der Waals surface area contributed by atoms with Crippen LogP contribution >= 0.6 is 0 Å². The Balaban J connectivity index is 1.72. The zero-order chi connectivity index (χ0) is 14.1. The Morgan fingerprint density at radius 1 is 1.25 bits per heavy atom. The van der Waals surface area contributed by atoms with Crippen molar-refractivity contribution < 1.29 is 4.79 Å². The van der Waals surface area contributed by atoms with Gasteiger partial charge in [0.15, 0.2) is 0 Å². The van der Waals surface area contributed by atoms with Crippen LogP contribution in [-0.2, 0) is 11.2 Å². The molecule has 0 saturated heterocycles. The number of nitrogens with one attached hydrogen (secondary N) is 2. The lowest BCUT2D eigenvalue weighted by Gasteiger charge is -2.28. The van der Waals surface area contributed by atoms with Crippen molar-refractivity contribution in [3.63, 3.8) is 0 Å². The summed E-state index contributed by atoms with van der Waals surface area (Å²) in [5.74, 6) is 1.44. The van der Waals surface area contributed by atoms with E-state index in [-0.39, 0.29) is 11.9 Å². The fourth-order valence-corrected chi connectivity index (χ4v) is 3.57. The predicted octanol–water partition coefficient (Wildman–Crippen LogP) is 2.42. The highest BCUT2D eigenvalue weighted by Gasteiger charge is 2.33. The zero-order valence-corrected chi connectivity index (χ0v) is 12.4. The number of amides is 1. The fourth-order valence-electron chi connectivity index (χ4n) is 3.57. The van der Waals surface area contributed by atoms with Gasteiger partial charge in [0.1, 0.15) is 6.04 Å². The van der Waals surface area contributed by atoms with Gasteiger partial charge in [0.25, 0.3) is 0 Å². The number of benzene rings is 1. The van der Waals surface area contributed by atoms with Crippen molar-refractivity contribution in [2.75, 3.05) is 6.54 Å². The molecule has 1 saturated carbocycles. The normalized spacial score (nSPS) is 32.7. The van der Waals surface area contributed by atoms with E-state index in [1.165, 1.54) is 12.0 Å². The average molecular weight is 272 g/mol. The summed E-state index contributed by atoms with van der Waals surface area (Å²) in [6, 6.07) is 8.45. The third kappa shape index (κ3) is 2.47. The second kappa shape index (κ2) is 5.57.